The summed E-state index contributed by atoms with van der Waals surface area (Å²) in [6.07, 6.45) is 1.65. The molecule has 2 aromatic rings. The lowest BCUT2D eigenvalue weighted by atomic mass is 10.1. The number of para-hydroxylation sites is 1. The Balaban J connectivity index is 2.08. The highest BCUT2D eigenvalue weighted by atomic mass is 32.1. The van der Waals surface area contributed by atoms with Crippen LogP contribution in [0.25, 0.3) is 6.08 Å². The first-order valence-electron chi connectivity index (χ1n) is 8.49. The van der Waals surface area contributed by atoms with Gasteiger partial charge in [0, 0.05) is 17.9 Å². The first-order valence-corrected chi connectivity index (χ1v) is 8.89. The monoisotopic (exact) mass is 367 g/mol. The van der Waals surface area contributed by atoms with Crippen LogP contribution in [0.15, 0.2) is 35.9 Å². The summed E-state index contributed by atoms with van der Waals surface area (Å²) in [5, 5.41) is 2.74. The predicted molar refractivity (Wildman–Crippen MR) is 107 cm³/mol. The minimum absolute atomic E-state index is 0.0817. The van der Waals surface area contributed by atoms with Crippen molar-refractivity contribution < 1.29 is 9.59 Å². The van der Waals surface area contributed by atoms with E-state index >= 15 is 0 Å². The van der Waals surface area contributed by atoms with Crippen molar-refractivity contribution in [3.8, 4) is 0 Å². The summed E-state index contributed by atoms with van der Waals surface area (Å²) in [7, 11) is 0. The highest BCUT2D eigenvalue weighted by Gasteiger charge is 2.35. The molecule has 0 atom stereocenters. The number of benzene rings is 1. The van der Waals surface area contributed by atoms with Gasteiger partial charge in [0.1, 0.15) is 5.57 Å². The molecule has 3 rings (SSSR count). The Hall–Kier alpha value is -2.73. The quantitative estimate of drug-likeness (QED) is 0.515. The van der Waals surface area contributed by atoms with E-state index < -0.39 is 11.8 Å². The average molecular weight is 367 g/mol. The number of nitrogens with one attached hydrogen (secondary N) is 1. The molecule has 5 nitrogen and oxygen atoms in total. The van der Waals surface area contributed by atoms with E-state index in [0.717, 1.165) is 29.1 Å². The Morgan fingerprint density at radius 3 is 2.46 bits per heavy atom. The number of anilines is 1. The fourth-order valence-corrected chi connectivity index (χ4v) is 3.58. The first-order chi connectivity index (χ1) is 12.3. The van der Waals surface area contributed by atoms with Crippen molar-refractivity contribution in [3.05, 3.63) is 58.4 Å². The highest BCUT2D eigenvalue weighted by Crippen LogP contribution is 2.26. The normalized spacial score (nSPS) is 16.4. The fourth-order valence-electron chi connectivity index (χ4n) is 3.31. The van der Waals surface area contributed by atoms with Crippen LogP contribution in [0.1, 0.15) is 29.4 Å². The molecule has 26 heavy (non-hydrogen) atoms. The van der Waals surface area contributed by atoms with Gasteiger partial charge in [-0.3, -0.25) is 19.8 Å². The predicted octanol–water partition coefficient (Wildman–Crippen LogP) is 3.26. The minimum Gasteiger partial charge on any atom is -0.349 e. The van der Waals surface area contributed by atoms with E-state index in [4.69, 9.17) is 12.2 Å². The van der Waals surface area contributed by atoms with Crippen LogP contribution in [-0.4, -0.2) is 21.5 Å². The molecule has 6 heteroatoms. The summed E-state index contributed by atoms with van der Waals surface area (Å²) in [6, 6.07) is 9.44. The number of hydrogen-bond donors (Lipinski definition) is 1. The van der Waals surface area contributed by atoms with Gasteiger partial charge >= 0.3 is 0 Å². The van der Waals surface area contributed by atoms with E-state index in [2.05, 4.69) is 16.8 Å². The van der Waals surface area contributed by atoms with Gasteiger partial charge in [-0.2, -0.15) is 0 Å². The van der Waals surface area contributed by atoms with Gasteiger partial charge in [-0.05, 0) is 69.2 Å². The second-order valence-electron chi connectivity index (χ2n) is 6.32. The third kappa shape index (κ3) is 2.97. The number of carbonyl (C=O) groups is 2. The molecule has 0 bridgehead atoms. The van der Waals surface area contributed by atoms with E-state index in [1.807, 2.05) is 51.1 Å². The maximum atomic E-state index is 13.1. The Morgan fingerprint density at radius 2 is 1.85 bits per heavy atom. The van der Waals surface area contributed by atoms with Crippen molar-refractivity contribution in [2.45, 2.75) is 34.2 Å². The number of thiocarbonyl (C=S) groups is 1. The van der Waals surface area contributed by atoms with Crippen LogP contribution < -0.4 is 10.2 Å². The van der Waals surface area contributed by atoms with Gasteiger partial charge in [0.2, 0.25) is 0 Å². The van der Waals surface area contributed by atoms with E-state index in [-0.39, 0.29) is 10.7 Å². The molecule has 1 aromatic heterocycles. The summed E-state index contributed by atoms with van der Waals surface area (Å²) in [6.45, 7) is 8.79. The first kappa shape index (κ1) is 18.1. The number of aromatic nitrogens is 1. The number of rotatable bonds is 3. The van der Waals surface area contributed by atoms with Gasteiger partial charge in [-0.25, -0.2) is 0 Å². The molecule has 1 saturated heterocycles. The highest BCUT2D eigenvalue weighted by molar-refractivity contribution is 7.80. The van der Waals surface area contributed by atoms with Crippen LogP contribution in [-0.2, 0) is 16.1 Å². The zero-order chi connectivity index (χ0) is 19.0. The summed E-state index contributed by atoms with van der Waals surface area (Å²) >= 11 is 5.25. The Bertz CT molecular complexity index is 956. The van der Waals surface area contributed by atoms with Crippen LogP contribution >= 0.6 is 12.2 Å². The SMILES string of the molecule is CCn1c(C)cc(/C=C2\C(=O)NC(=S)N(c3ccccc3C)C2=O)c1C. The fraction of sp³-hybridized carbons (Fsp3) is 0.250. The topological polar surface area (TPSA) is 54.3 Å². The van der Waals surface area contributed by atoms with Gasteiger partial charge in [-0.1, -0.05) is 18.2 Å². The lowest BCUT2D eigenvalue weighted by molar-refractivity contribution is -0.122. The van der Waals surface area contributed by atoms with Crippen LogP contribution in [0.4, 0.5) is 5.69 Å². The molecule has 1 aliphatic heterocycles. The summed E-state index contributed by atoms with van der Waals surface area (Å²) in [5.41, 5.74) is 4.63. The van der Waals surface area contributed by atoms with Crippen LogP contribution in [0.2, 0.25) is 0 Å². The smallest absolute Gasteiger partial charge is 0.270 e. The molecule has 0 saturated carbocycles. The third-order valence-electron chi connectivity index (χ3n) is 4.69. The molecule has 2 heterocycles. The van der Waals surface area contributed by atoms with Crippen molar-refractivity contribution in [1.82, 2.24) is 9.88 Å². The molecule has 0 aliphatic carbocycles. The number of hydrogen-bond acceptors (Lipinski definition) is 3. The lowest BCUT2D eigenvalue weighted by Gasteiger charge is -2.30. The van der Waals surface area contributed by atoms with Crippen molar-refractivity contribution >= 4 is 40.9 Å². The molecule has 0 spiro atoms. The van der Waals surface area contributed by atoms with Gasteiger partial charge in [0.15, 0.2) is 5.11 Å². The Kier molecular flexibility index (Phi) is 4.78. The zero-order valence-corrected chi connectivity index (χ0v) is 16.1. The number of nitrogens with zero attached hydrogens (tertiary/aromatic N) is 2. The van der Waals surface area contributed by atoms with Gasteiger partial charge < -0.3 is 4.57 Å². The Labute approximate surface area is 158 Å². The summed E-state index contributed by atoms with van der Waals surface area (Å²) in [4.78, 5) is 26.9. The second kappa shape index (κ2) is 6.88. The Morgan fingerprint density at radius 1 is 1.15 bits per heavy atom. The molecular formula is C20H21N3O2S. The maximum absolute atomic E-state index is 13.1. The largest absolute Gasteiger partial charge is 0.349 e. The van der Waals surface area contributed by atoms with E-state index in [1.54, 1.807) is 6.08 Å². The molecule has 0 radical (unpaired) electrons. The van der Waals surface area contributed by atoms with Crippen LogP contribution in [0, 0.1) is 20.8 Å². The third-order valence-corrected chi connectivity index (χ3v) is 4.97. The second-order valence-corrected chi connectivity index (χ2v) is 6.70. The van der Waals surface area contributed by atoms with E-state index in [1.165, 1.54) is 4.90 Å². The minimum atomic E-state index is -0.467. The number of aryl methyl sites for hydroxylation is 2. The molecule has 0 unspecified atom stereocenters. The standard InChI is InChI=1S/C20H21N3O2S/c1-5-22-13(3)10-15(14(22)4)11-16-18(24)21-20(26)23(19(16)25)17-9-7-6-8-12(17)2/h6-11H,5H2,1-4H3,(H,21,24,26)/b16-11+. The van der Waals surface area contributed by atoms with Gasteiger partial charge in [0.05, 0.1) is 5.69 Å². The van der Waals surface area contributed by atoms with Gasteiger partial charge in [-0.15, -0.1) is 0 Å². The molecule has 1 aromatic carbocycles. The summed E-state index contributed by atoms with van der Waals surface area (Å²) < 4.78 is 2.14. The maximum Gasteiger partial charge on any atom is 0.270 e. The van der Waals surface area contributed by atoms with Crippen molar-refractivity contribution in [2.75, 3.05) is 4.90 Å². The molecule has 1 N–H and O–H groups in total. The number of carbonyl (C=O) groups excluding carboxylic acids is 2. The molecule has 1 fully saturated rings. The van der Waals surface area contributed by atoms with E-state index in [0.29, 0.717) is 5.69 Å². The van der Waals surface area contributed by atoms with Crippen LogP contribution in [0.3, 0.4) is 0 Å². The van der Waals surface area contributed by atoms with Crippen molar-refractivity contribution in [2.24, 2.45) is 0 Å². The molecular weight excluding hydrogens is 346 g/mol. The average Bonchev–Trinajstić information content (AvgIpc) is 2.86. The molecule has 1 aliphatic rings. The lowest BCUT2D eigenvalue weighted by Crippen LogP contribution is -2.54. The van der Waals surface area contributed by atoms with E-state index in [9.17, 15) is 9.59 Å². The van der Waals surface area contributed by atoms with Crippen molar-refractivity contribution in [3.63, 3.8) is 0 Å². The number of amides is 2. The van der Waals surface area contributed by atoms with Crippen LogP contribution in [0.5, 0.6) is 0 Å². The van der Waals surface area contributed by atoms with Crippen molar-refractivity contribution in [1.29, 1.82) is 0 Å². The molecule has 134 valence electrons. The molecule has 2 amide bonds. The zero-order valence-electron chi connectivity index (χ0n) is 15.3. The summed E-state index contributed by atoms with van der Waals surface area (Å²) in [5.74, 6) is -0.875. The van der Waals surface area contributed by atoms with Gasteiger partial charge in [0.25, 0.3) is 11.8 Å².